The van der Waals surface area contributed by atoms with Crippen LogP contribution in [0.1, 0.15) is 18.2 Å². The Bertz CT molecular complexity index is 921. The molecule has 26 heavy (non-hydrogen) atoms. The van der Waals surface area contributed by atoms with Gasteiger partial charge in [0.2, 0.25) is 5.91 Å². The molecule has 7 nitrogen and oxygen atoms in total. The van der Waals surface area contributed by atoms with Crippen LogP contribution >= 0.6 is 0 Å². The minimum absolute atomic E-state index is 0. The number of hydrogen-bond donors (Lipinski definition) is 1. The Labute approximate surface area is 163 Å². The Morgan fingerprint density at radius 2 is 1.96 bits per heavy atom. The molecule has 0 unspecified atom stereocenters. The quantitative estimate of drug-likeness (QED) is 0.671. The van der Waals surface area contributed by atoms with E-state index in [2.05, 4.69) is 20.3 Å². The summed E-state index contributed by atoms with van der Waals surface area (Å²) in [6.45, 7) is 4.21. The maximum Gasteiger partial charge on any atom is 0.242 e. The van der Waals surface area contributed by atoms with Crippen molar-refractivity contribution in [1.29, 1.82) is 0 Å². The van der Waals surface area contributed by atoms with Gasteiger partial charge in [0.15, 0.2) is 0 Å². The van der Waals surface area contributed by atoms with Gasteiger partial charge in [0, 0.05) is 43.3 Å². The van der Waals surface area contributed by atoms with Gasteiger partial charge in [-0.15, -0.1) is 12.5 Å². The van der Waals surface area contributed by atoms with Crippen LogP contribution in [-0.4, -0.2) is 44.4 Å². The Kier molecular flexibility index (Phi) is 6.22. The first-order valence-electron chi connectivity index (χ1n) is 8.03. The number of anilines is 2. The van der Waals surface area contributed by atoms with Crippen molar-refractivity contribution in [2.75, 3.05) is 19.4 Å². The van der Waals surface area contributed by atoms with Crippen LogP contribution in [-0.2, 0) is 28.1 Å². The number of hydrogen-bond acceptors (Lipinski definition) is 5. The average molecular weight is 396 g/mol. The van der Waals surface area contributed by atoms with E-state index in [4.69, 9.17) is 0 Å². The molecule has 3 aromatic rings. The smallest absolute Gasteiger partial charge is 0.242 e. The number of fused-ring (bicyclic) bond motifs is 1. The number of aromatic nitrogens is 4. The first kappa shape index (κ1) is 19.7. The summed E-state index contributed by atoms with van der Waals surface area (Å²) in [4.78, 5) is 26.8. The number of rotatable bonds is 5. The van der Waals surface area contributed by atoms with Crippen LogP contribution in [0.25, 0.3) is 11.0 Å². The minimum Gasteiger partial charge on any atom is -0.414 e. The van der Waals surface area contributed by atoms with Crippen LogP contribution in [0.4, 0.5) is 11.5 Å². The summed E-state index contributed by atoms with van der Waals surface area (Å²) in [6, 6.07) is 3.81. The first-order chi connectivity index (χ1) is 12.0. The van der Waals surface area contributed by atoms with Crippen molar-refractivity contribution < 1.29 is 21.6 Å². The Hall–Kier alpha value is -2.58. The second kappa shape index (κ2) is 8.20. The zero-order valence-electron chi connectivity index (χ0n) is 15.1. The van der Waals surface area contributed by atoms with E-state index in [0.29, 0.717) is 5.82 Å². The average Bonchev–Trinajstić information content (AvgIpc) is 3.00. The third-order valence-electron chi connectivity index (χ3n) is 4.05. The van der Waals surface area contributed by atoms with Gasteiger partial charge >= 0.3 is 0 Å². The molecule has 0 atom stereocenters. The molecule has 1 radical (unpaired) electrons. The van der Waals surface area contributed by atoms with E-state index in [1.54, 1.807) is 37.7 Å². The van der Waals surface area contributed by atoms with Gasteiger partial charge in [-0.25, -0.2) is 16.4 Å². The predicted octanol–water partition coefficient (Wildman–Crippen LogP) is 2.54. The van der Waals surface area contributed by atoms with Gasteiger partial charge in [0.1, 0.15) is 17.9 Å². The molecule has 0 aliphatic rings. The summed E-state index contributed by atoms with van der Waals surface area (Å²) < 4.78 is 1.83. The number of carbonyl (C=O) groups excluding carboxylic acids is 1. The molecule has 3 heterocycles. The summed E-state index contributed by atoms with van der Waals surface area (Å²) >= 11 is 0. The van der Waals surface area contributed by atoms with Crippen molar-refractivity contribution in [2.24, 2.45) is 0 Å². The molecule has 0 aliphatic carbocycles. The molecule has 0 fully saturated rings. The van der Waals surface area contributed by atoms with Crippen molar-refractivity contribution >= 4 is 28.4 Å². The van der Waals surface area contributed by atoms with Gasteiger partial charge in [-0.05, 0) is 6.07 Å². The van der Waals surface area contributed by atoms with E-state index in [1.165, 1.54) is 0 Å². The van der Waals surface area contributed by atoms with E-state index in [0.717, 1.165) is 28.0 Å². The van der Waals surface area contributed by atoms with E-state index < -0.39 is 0 Å². The van der Waals surface area contributed by atoms with Gasteiger partial charge in [0.25, 0.3) is 0 Å². The number of nitrogens with one attached hydrogen (secondary N) is 1. The van der Waals surface area contributed by atoms with Crippen molar-refractivity contribution in [3.8, 4) is 0 Å². The van der Waals surface area contributed by atoms with Crippen LogP contribution in [0.15, 0.2) is 30.9 Å². The second-order valence-electron chi connectivity index (χ2n) is 5.99. The van der Waals surface area contributed by atoms with E-state index in [1.807, 2.05) is 37.0 Å². The molecule has 1 amide bonds. The van der Waals surface area contributed by atoms with E-state index in [9.17, 15) is 4.79 Å². The maximum atomic E-state index is 12.0. The van der Waals surface area contributed by atoms with Gasteiger partial charge in [-0.3, -0.25) is 9.78 Å². The largest absolute Gasteiger partial charge is 0.414 e. The molecule has 0 aliphatic heterocycles. The second-order valence-corrected chi connectivity index (χ2v) is 5.99. The third-order valence-corrected chi connectivity index (χ3v) is 4.05. The summed E-state index contributed by atoms with van der Waals surface area (Å²) in [6.07, 6.45) is 7.11. The molecule has 0 saturated heterocycles. The molecule has 8 heteroatoms. The topological polar surface area (TPSA) is 75.9 Å². The van der Waals surface area contributed by atoms with Crippen LogP contribution in [0, 0.1) is 13.3 Å². The van der Waals surface area contributed by atoms with Crippen molar-refractivity contribution in [1.82, 2.24) is 24.4 Å². The maximum absolute atomic E-state index is 12.0. The summed E-state index contributed by atoms with van der Waals surface area (Å²) in [5.41, 5.74) is 4.42. The van der Waals surface area contributed by atoms with Crippen LogP contribution in [0.2, 0.25) is 0 Å². The Morgan fingerprint density at radius 3 is 2.65 bits per heavy atom. The van der Waals surface area contributed by atoms with Crippen LogP contribution < -0.4 is 5.32 Å². The molecule has 0 saturated carbocycles. The molecule has 0 bridgehead atoms. The zero-order chi connectivity index (χ0) is 18.0. The first-order valence-corrected chi connectivity index (χ1v) is 8.03. The van der Waals surface area contributed by atoms with E-state index >= 15 is 0 Å². The van der Waals surface area contributed by atoms with Crippen molar-refractivity contribution in [3.05, 3.63) is 48.5 Å². The third kappa shape index (κ3) is 3.81. The number of nitrogens with zero attached hydrogens (tertiary/aromatic N) is 5. The fourth-order valence-electron chi connectivity index (χ4n) is 2.58. The van der Waals surface area contributed by atoms with Gasteiger partial charge in [-0.1, -0.05) is 24.4 Å². The van der Waals surface area contributed by atoms with Crippen LogP contribution in [0.3, 0.4) is 0 Å². The molecule has 139 valence electrons. The molecular weight excluding hydrogens is 375 g/mol. The SMILES string of the molecule is C[CH-]c1nccc(C)c1Nc1nccc2c1ncn2CC(=O)N(C)C.[Co]. The van der Waals surface area contributed by atoms with Gasteiger partial charge < -0.3 is 14.8 Å². The summed E-state index contributed by atoms with van der Waals surface area (Å²) in [7, 11) is 3.48. The molecule has 3 rings (SSSR count). The number of imidazole rings is 1. The summed E-state index contributed by atoms with van der Waals surface area (Å²) in [5.74, 6) is 0.657. The monoisotopic (exact) mass is 396 g/mol. The van der Waals surface area contributed by atoms with Crippen LogP contribution in [0.5, 0.6) is 0 Å². The molecule has 1 N–H and O–H groups in total. The van der Waals surface area contributed by atoms with Gasteiger partial charge in [-0.2, -0.15) is 0 Å². The number of amides is 1. The fraction of sp³-hybridized carbons (Fsp3) is 0.278. The number of likely N-dealkylation sites (N-methyl/N-ethyl adjacent to an activating group) is 1. The fourth-order valence-corrected chi connectivity index (χ4v) is 2.58. The standard InChI is InChI=1S/C18H21N6O.Co/c1-5-13-16(12(2)6-8-19-13)22-18-17-14(7-9-20-18)24(11-21-17)10-15(25)23(3)4;/h5-9,11H,10H2,1-4H3,(H,20,22);/q-1;. The zero-order valence-corrected chi connectivity index (χ0v) is 16.2. The number of pyridine rings is 2. The minimum atomic E-state index is 0. The molecule has 0 aromatic carbocycles. The Balaban J connectivity index is 0.00000243. The molecule has 3 aromatic heterocycles. The normalized spacial score (nSPS) is 10.3. The molecule has 0 spiro atoms. The van der Waals surface area contributed by atoms with Crippen molar-refractivity contribution in [2.45, 2.75) is 20.4 Å². The summed E-state index contributed by atoms with van der Waals surface area (Å²) in [5, 5.41) is 3.35. The predicted molar refractivity (Wildman–Crippen MR) is 97.6 cm³/mol. The van der Waals surface area contributed by atoms with Crippen molar-refractivity contribution in [3.63, 3.8) is 0 Å². The molecular formula is C18H21CoN6O-. The Morgan fingerprint density at radius 1 is 1.23 bits per heavy atom. The van der Waals surface area contributed by atoms with Gasteiger partial charge in [0.05, 0.1) is 11.8 Å². The number of aryl methyl sites for hydroxylation is 1. The van der Waals surface area contributed by atoms with E-state index in [-0.39, 0.29) is 29.2 Å². The number of carbonyl (C=O) groups is 1.